The predicted octanol–water partition coefficient (Wildman–Crippen LogP) is 4.62. The Hall–Kier alpha value is -3.62. The molecule has 1 aliphatic rings. The lowest BCUT2D eigenvalue weighted by Crippen LogP contribution is -2.36. The van der Waals surface area contributed by atoms with Crippen LogP contribution in [0.5, 0.6) is 0 Å². The van der Waals surface area contributed by atoms with Gasteiger partial charge in [-0.05, 0) is 72.1 Å². The summed E-state index contributed by atoms with van der Waals surface area (Å²) >= 11 is 0. The highest BCUT2D eigenvalue weighted by Crippen LogP contribution is 2.26. The molecule has 5 nitrogen and oxygen atoms in total. The summed E-state index contributed by atoms with van der Waals surface area (Å²) in [5, 5.41) is 12.1. The lowest BCUT2D eigenvalue weighted by atomic mass is 9.96. The molecule has 3 aromatic carbocycles. The molecule has 150 valence electrons. The van der Waals surface area contributed by atoms with Gasteiger partial charge in [-0.15, -0.1) is 0 Å². The first-order valence-corrected chi connectivity index (χ1v) is 9.99. The van der Waals surface area contributed by atoms with Crippen LogP contribution in [0.4, 0.5) is 11.4 Å². The molecule has 4 rings (SSSR count). The Morgan fingerprint density at radius 1 is 1.03 bits per heavy atom. The number of nitrogens with one attached hydrogen (secondary N) is 1. The summed E-state index contributed by atoms with van der Waals surface area (Å²) in [5.74, 6) is -0.160. The molecule has 1 heterocycles. The van der Waals surface area contributed by atoms with Crippen LogP contribution in [0.1, 0.15) is 21.5 Å². The van der Waals surface area contributed by atoms with Gasteiger partial charge in [-0.1, -0.05) is 18.2 Å². The second-order valence-electron chi connectivity index (χ2n) is 7.32. The monoisotopic (exact) mass is 397 g/mol. The predicted molar refractivity (Wildman–Crippen MR) is 119 cm³/mol. The van der Waals surface area contributed by atoms with Gasteiger partial charge in [0.1, 0.15) is 0 Å². The topological polar surface area (TPSA) is 65.4 Å². The van der Waals surface area contributed by atoms with Crippen LogP contribution in [-0.2, 0) is 4.74 Å². The molecular formula is C25H23N3O2. The zero-order valence-corrected chi connectivity index (χ0v) is 16.9. The maximum atomic E-state index is 12.8. The number of hydrogen-bond donors (Lipinski definition) is 1. The number of carbonyl (C=O) groups excluding carboxylic acids is 1. The Balaban J connectivity index is 1.51. The van der Waals surface area contributed by atoms with Crippen LogP contribution in [0.15, 0.2) is 66.7 Å². The molecule has 5 heteroatoms. The van der Waals surface area contributed by atoms with Crippen molar-refractivity contribution in [2.75, 3.05) is 36.5 Å². The third-order valence-corrected chi connectivity index (χ3v) is 5.30. The Kier molecular flexibility index (Phi) is 5.78. The van der Waals surface area contributed by atoms with Crippen molar-refractivity contribution in [3.63, 3.8) is 0 Å². The number of ether oxygens (including phenoxy) is 1. The van der Waals surface area contributed by atoms with Gasteiger partial charge in [-0.25, -0.2) is 0 Å². The standard InChI is InChI=1S/C25H23N3O2/c1-18-5-6-21(16-24(18)20-4-2-3-19(15-20)17-26)25(29)27-22-7-9-23(10-8-22)28-11-13-30-14-12-28/h2-10,15-16H,11-14H2,1H3,(H,27,29). The molecule has 1 amide bonds. The van der Waals surface area contributed by atoms with Crippen molar-refractivity contribution in [2.24, 2.45) is 0 Å². The Labute approximate surface area is 176 Å². The van der Waals surface area contributed by atoms with E-state index in [9.17, 15) is 4.79 Å². The fourth-order valence-corrected chi connectivity index (χ4v) is 3.61. The van der Waals surface area contributed by atoms with E-state index in [1.54, 1.807) is 6.07 Å². The Morgan fingerprint density at radius 3 is 2.53 bits per heavy atom. The minimum atomic E-state index is -0.160. The fourth-order valence-electron chi connectivity index (χ4n) is 3.61. The van der Waals surface area contributed by atoms with Crippen LogP contribution in [0.25, 0.3) is 11.1 Å². The minimum absolute atomic E-state index is 0.160. The summed E-state index contributed by atoms with van der Waals surface area (Å²) in [5.41, 5.74) is 5.99. The number of amides is 1. The molecule has 0 atom stereocenters. The molecule has 0 radical (unpaired) electrons. The number of morpholine rings is 1. The molecule has 3 aromatic rings. The quantitative estimate of drug-likeness (QED) is 0.697. The Morgan fingerprint density at radius 2 is 1.80 bits per heavy atom. The number of rotatable bonds is 4. The van der Waals surface area contributed by atoms with E-state index < -0.39 is 0 Å². The van der Waals surface area contributed by atoms with E-state index in [-0.39, 0.29) is 5.91 Å². The number of aryl methyl sites for hydroxylation is 1. The van der Waals surface area contributed by atoms with Crippen molar-refractivity contribution in [3.8, 4) is 17.2 Å². The smallest absolute Gasteiger partial charge is 0.255 e. The third kappa shape index (κ3) is 4.35. The number of hydrogen-bond acceptors (Lipinski definition) is 4. The van der Waals surface area contributed by atoms with Crippen LogP contribution in [-0.4, -0.2) is 32.2 Å². The van der Waals surface area contributed by atoms with Crippen molar-refractivity contribution in [1.82, 2.24) is 0 Å². The minimum Gasteiger partial charge on any atom is -0.378 e. The van der Waals surface area contributed by atoms with Crippen LogP contribution in [0, 0.1) is 18.3 Å². The maximum Gasteiger partial charge on any atom is 0.255 e. The lowest BCUT2D eigenvalue weighted by Gasteiger charge is -2.28. The van der Waals surface area contributed by atoms with Gasteiger partial charge in [0.25, 0.3) is 5.91 Å². The zero-order chi connectivity index (χ0) is 20.9. The van der Waals surface area contributed by atoms with Gasteiger partial charge in [0.05, 0.1) is 24.8 Å². The number of nitrogens with zero attached hydrogens (tertiary/aromatic N) is 2. The molecule has 0 aliphatic carbocycles. The van der Waals surface area contributed by atoms with Crippen LogP contribution in [0.2, 0.25) is 0 Å². The number of nitriles is 1. The highest BCUT2D eigenvalue weighted by atomic mass is 16.5. The van der Waals surface area contributed by atoms with Crippen molar-refractivity contribution in [2.45, 2.75) is 6.92 Å². The second kappa shape index (κ2) is 8.81. The van der Waals surface area contributed by atoms with Gasteiger partial charge >= 0.3 is 0 Å². The van der Waals surface area contributed by atoms with E-state index in [1.165, 1.54) is 0 Å². The molecule has 30 heavy (non-hydrogen) atoms. The highest BCUT2D eigenvalue weighted by Gasteiger charge is 2.13. The largest absolute Gasteiger partial charge is 0.378 e. The zero-order valence-electron chi connectivity index (χ0n) is 16.9. The van der Waals surface area contributed by atoms with Crippen LogP contribution < -0.4 is 10.2 Å². The summed E-state index contributed by atoms with van der Waals surface area (Å²) in [7, 11) is 0. The summed E-state index contributed by atoms with van der Waals surface area (Å²) in [4.78, 5) is 15.1. The summed E-state index contributed by atoms with van der Waals surface area (Å²) in [6.07, 6.45) is 0. The van der Waals surface area contributed by atoms with E-state index in [2.05, 4.69) is 16.3 Å². The van der Waals surface area contributed by atoms with Gasteiger partial charge in [0, 0.05) is 30.0 Å². The normalized spacial score (nSPS) is 13.5. The summed E-state index contributed by atoms with van der Waals surface area (Å²) in [6, 6.07) is 23.1. The van der Waals surface area contributed by atoms with E-state index in [0.29, 0.717) is 11.1 Å². The molecule has 0 spiro atoms. The second-order valence-corrected chi connectivity index (χ2v) is 7.32. The van der Waals surface area contributed by atoms with E-state index >= 15 is 0 Å². The van der Waals surface area contributed by atoms with Crippen molar-refractivity contribution in [1.29, 1.82) is 5.26 Å². The average Bonchev–Trinajstić information content (AvgIpc) is 2.80. The first-order chi connectivity index (χ1) is 14.6. The van der Waals surface area contributed by atoms with Gasteiger partial charge in [-0.2, -0.15) is 5.26 Å². The van der Waals surface area contributed by atoms with Gasteiger partial charge in [0.2, 0.25) is 0 Å². The molecule has 0 unspecified atom stereocenters. The van der Waals surface area contributed by atoms with E-state index in [0.717, 1.165) is 54.4 Å². The number of carbonyl (C=O) groups is 1. The van der Waals surface area contributed by atoms with Crippen molar-refractivity contribution in [3.05, 3.63) is 83.4 Å². The number of benzene rings is 3. The molecular weight excluding hydrogens is 374 g/mol. The van der Waals surface area contributed by atoms with Crippen molar-refractivity contribution >= 4 is 17.3 Å². The van der Waals surface area contributed by atoms with Crippen LogP contribution >= 0.6 is 0 Å². The number of anilines is 2. The average molecular weight is 397 g/mol. The molecule has 0 saturated carbocycles. The molecule has 0 aromatic heterocycles. The summed E-state index contributed by atoms with van der Waals surface area (Å²) in [6.45, 7) is 5.24. The molecule has 1 aliphatic heterocycles. The molecule has 1 fully saturated rings. The summed E-state index contributed by atoms with van der Waals surface area (Å²) < 4.78 is 5.39. The van der Waals surface area contributed by atoms with Crippen molar-refractivity contribution < 1.29 is 9.53 Å². The first-order valence-electron chi connectivity index (χ1n) is 9.99. The van der Waals surface area contributed by atoms with Gasteiger partial charge in [0.15, 0.2) is 0 Å². The Bertz CT molecular complexity index is 1090. The lowest BCUT2D eigenvalue weighted by molar-refractivity contribution is 0.102. The van der Waals surface area contributed by atoms with Crippen LogP contribution in [0.3, 0.4) is 0 Å². The third-order valence-electron chi connectivity index (χ3n) is 5.30. The van der Waals surface area contributed by atoms with Gasteiger partial charge < -0.3 is 15.0 Å². The SMILES string of the molecule is Cc1ccc(C(=O)Nc2ccc(N3CCOCC3)cc2)cc1-c1cccc(C#N)c1. The highest BCUT2D eigenvalue weighted by molar-refractivity contribution is 6.05. The van der Waals surface area contributed by atoms with E-state index in [1.807, 2.05) is 67.6 Å². The molecule has 1 N–H and O–H groups in total. The van der Waals surface area contributed by atoms with Gasteiger partial charge in [-0.3, -0.25) is 4.79 Å². The first kappa shape index (κ1) is 19.7. The van der Waals surface area contributed by atoms with E-state index in [4.69, 9.17) is 10.00 Å². The maximum absolute atomic E-state index is 12.8. The fraction of sp³-hybridized carbons (Fsp3) is 0.200. The molecule has 1 saturated heterocycles. The molecule has 0 bridgehead atoms.